The Morgan fingerprint density at radius 1 is 0.854 bits per heavy atom. The molecule has 6 aromatic rings. The first kappa shape index (κ1) is 33.0. The van der Waals surface area contributed by atoms with Crippen molar-refractivity contribution in [2.45, 2.75) is 59.6 Å². The Bertz CT molecular complexity index is 2160. The van der Waals surface area contributed by atoms with E-state index in [1.165, 1.54) is 0 Å². The second-order valence-electron chi connectivity index (χ2n) is 14.0. The minimum absolute atomic E-state index is 0.139. The van der Waals surface area contributed by atoms with Gasteiger partial charge in [-0.25, -0.2) is 4.98 Å². The molecule has 2 aromatic heterocycles. The van der Waals surface area contributed by atoms with E-state index < -0.39 is 11.4 Å². The van der Waals surface area contributed by atoms with Gasteiger partial charge in [0.05, 0.1) is 22.2 Å². The molecular weight excluding hydrogens is 620 g/mol. The topological polar surface area (TPSA) is 81.4 Å². The largest absolute Gasteiger partial charge is 0.487 e. The van der Waals surface area contributed by atoms with Crippen LogP contribution in [0.1, 0.15) is 73.1 Å². The molecule has 1 N–H and O–H groups in total. The maximum Gasteiger partial charge on any atom is 0.309 e. The summed E-state index contributed by atoms with van der Waals surface area (Å²) in [5.41, 5.74) is 4.69. The van der Waals surface area contributed by atoms with Crippen molar-refractivity contribution in [1.82, 2.24) is 9.55 Å². The van der Waals surface area contributed by atoms with Crippen molar-refractivity contribution in [2.75, 3.05) is 0 Å². The molecule has 0 spiro atoms. The molecule has 0 saturated heterocycles. The predicted molar refractivity (Wildman–Crippen MR) is 192 cm³/mol. The fourth-order valence-corrected chi connectivity index (χ4v) is 6.30. The third kappa shape index (κ3) is 6.71. The van der Waals surface area contributed by atoms with Gasteiger partial charge >= 0.3 is 5.97 Å². The van der Waals surface area contributed by atoms with Crippen LogP contribution in [-0.2, 0) is 29.8 Å². The number of carbonyl (C=O) groups excluding carboxylic acids is 1. The molecule has 0 aliphatic rings. The quantitative estimate of drug-likeness (QED) is 0.148. The standard InChI is InChI=1S/C41H39ClN2O4/c1-40(2,3)33-12-8-7-11-31(33)38(45)37-32-22-30(48-25-29-19-16-27-10-6-9-13-34(27)43-29)20-21-35(32)44(24-26-14-17-28(42)18-15-26)36(37)23-41(4,5)39(46)47/h6-22H,23-25H2,1-5H3,(H,46,47). The van der Waals surface area contributed by atoms with Crippen LogP contribution < -0.4 is 4.74 Å². The Balaban J connectivity index is 1.53. The molecular formula is C41H39ClN2O4. The first-order valence-electron chi connectivity index (χ1n) is 16.1. The number of aliphatic carboxylic acids is 1. The Labute approximate surface area is 286 Å². The number of benzene rings is 4. The van der Waals surface area contributed by atoms with Gasteiger partial charge in [0.1, 0.15) is 12.4 Å². The number of rotatable bonds is 10. The summed E-state index contributed by atoms with van der Waals surface area (Å²) in [6, 6.07) is 32.9. The van der Waals surface area contributed by atoms with Crippen molar-refractivity contribution in [2.24, 2.45) is 5.41 Å². The van der Waals surface area contributed by atoms with Crippen molar-refractivity contribution >= 4 is 45.2 Å². The van der Waals surface area contributed by atoms with Gasteiger partial charge in [-0.1, -0.05) is 93.0 Å². The summed E-state index contributed by atoms with van der Waals surface area (Å²) < 4.78 is 8.37. The van der Waals surface area contributed by atoms with E-state index in [-0.39, 0.29) is 24.2 Å². The lowest BCUT2D eigenvalue weighted by Gasteiger charge is -2.24. The molecule has 0 amide bonds. The van der Waals surface area contributed by atoms with Crippen LogP contribution in [0.15, 0.2) is 103 Å². The minimum Gasteiger partial charge on any atom is -0.487 e. The van der Waals surface area contributed by atoms with Crippen molar-refractivity contribution < 1.29 is 19.4 Å². The summed E-state index contributed by atoms with van der Waals surface area (Å²) in [5.74, 6) is -0.501. The Morgan fingerprint density at radius 3 is 2.29 bits per heavy atom. The van der Waals surface area contributed by atoms with Gasteiger partial charge in [0.25, 0.3) is 0 Å². The Morgan fingerprint density at radius 2 is 1.56 bits per heavy atom. The van der Waals surface area contributed by atoms with Crippen LogP contribution in [-0.4, -0.2) is 26.4 Å². The van der Waals surface area contributed by atoms with Crippen molar-refractivity contribution in [3.63, 3.8) is 0 Å². The average Bonchev–Trinajstić information content (AvgIpc) is 3.34. The second kappa shape index (κ2) is 12.9. The lowest BCUT2D eigenvalue weighted by Crippen LogP contribution is -2.28. The fraction of sp³-hybridized carbons (Fsp3) is 0.244. The number of hydrogen-bond acceptors (Lipinski definition) is 4. The summed E-state index contributed by atoms with van der Waals surface area (Å²) in [6.45, 7) is 10.3. The molecule has 0 radical (unpaired) electrons. The van der Waals surface area contributed by atoms with Gasteiger partial charge in [-0.15, -0.1) is 0 Å². The third-order valence-electron chi connectivity index (χ3n) is 8.83. The lowest BCUT2D eigenvalue weighted by atomic mass is 9.80. The van der Waals surface area contributed by atoms with E-state index in [0.29, 0.717) is 39.5 Å². The molecule has 6 nitrogen and oxygen atoms in total. The van der Waals surface area contributed by atoms with Crippen molar-refractivity contribution in [3.05, 3.63) is 142 Å². The van der Waals surface area contributed by atoms with E-state index in [1.54, 1.807) is 13.8 Å². The highest BCUT2D eigenvalue weighted by molar-refractivity contribution is 6.30. The number of fused-ring (bicyclic) bond motifs is 2. The fourth-order valence-electron chi connectivity index (χ4n) is 6.18. The van der Waals surface area contributed by atoms with Gasteiger partial charge in [-0.05, 0) is 72.9 Å². The number of ether oxygens (including phenoxy) is 1. The molecule has 0 aliphatic heterocycles. The predicted octanol–water partition coefficient (Wildman–Crippen LogP) is 9.65. The Hall–Kier alpha value is -4.94. The number of carboxylic acids is 1. The second-order valence-corrected chi connectivity index (χ2v) is 14.4. The minimum atomic E-state index is -1.15. The van der Waals surface area contributed by atoms with Gasteiger partial charge in [0.15, 0.2) is 5.78 Å². The summed E-state index contributed by atoms with van der Waals surface area (Å²) >= 11 is 6.21. The van der Waals surface area contributed by atoms with Gasteiger partial charge in [-0.2, -0.15) is 0 Å². The zero-order valence-electron chi connectivity index (χ0n) is 27.9. The van der Waals surface area contributed by atoms with Crippen molar-refractivity contribution in [3.8, 4) is 5.75 Å². The molecule has 0 atom stereocenters. The maximum atomic E-state index is 14.9. The average molecular weight is 659 g/mol. The number of carboxylic acid groups (broad SMARTS) is 1. The van der Waals surface area contributed by atoms with Gasteiger partial charge in [-0.3, -0.25) is 9.59 Å². The van der Waals surface area contributed by atoms with Crippen LogP contribution in [0.5, 0.6) is 5.75 Å². The number of hydrogen-bond donors (Lipinski definition) is 1. The summed E-state index contributed by atoms with van der Waals surface area (Å²) in [6.07, 6.45) is 0.139. The molecule has 0 bridgehead atoms. The van der Waals surface area contributed by atoms with Gasteiger partial charge in [0.2, 0.25) is 0 Å². The molecule has 2 heterocycles. The highest BCUT2D eigenvalue weighted by Crippen LogP contribution is 2.38. The SMILES string of the molecule is CC(C)(Cc1c(C(=O)c2ccccc2C(C)(C)C)c2cc(OCc3ccc4ccccc4n3)ccc2n1Cc1ccc(Cl)cc1)C(=O)O. The monoisotopic (exact) mass is 658 g/mol. The van der Waals surface area contributed by atoms with E-state index in [9.17, 15) is 14.7 Å². The number of ketones is 1. The number of nitrogens with zero attached hydrogens (tertiary/aromatic N) is 2. The number of aromatic nitrogens is 2. The van der Waals surface area contributed by atoms with Crippen LogP contribution in [0.25, 0.3) is 21.8 Å². The number of para-hydroxylation sites is 1. The third-order valence-corrected chi connectivity index (χ3v) is 9.09. The zero-order valence-corrected chi connectivity index (χ0v) is 28.6. The van der Waals surface area contributed by atoms with E-state index in [1.807, 2.05) is 103 Å². The van der Waals surface area contributed by atoms with Crippen LogP contribution in [0.2, 0.25) is 5.02 Å². The molecule has 4 aromatic carbocycles. The molecule has 0 unspecified atom stereocenters. The van der Waals surface area contributed by atoms with Crippen molar-refractivity contribution in [1.29, 1.82) is 0 Å². The molecule has 0 fully saturated rings. The van der Waals surface area contributed by atoms with Crippen LogP contribution >= 0.6 is 11.6 Å². The number of pyridine rings is 1. The molecule has 0 saturated carbocycles. The van der Waals surface area contributed by atoms with Crippen LogP contribution in [0.3, 0.4) is 0 Å². The smallest absolute Gasteiger partial charge is 0.309 e. The first-order valence-corrected chi connectivity index (χ1v) is 16.4. The molecule has 48 heavy (non-hydrogen) atoms. The highest BCUT2D eigenvalue weighted by atomic mass is 35.5. The normalized spacial score (nSPS) is 12.0. The zero-order chi connectivity index (χ0) is 34.2. The van der Waals surface area contributed by atoms with Crippen LogP contribution in [0.4, 0.5) is 0 Å². The highest BCUT2D eigenvalue weighted by Gasteiger charge is 2.34. The summed E-state index contributed by atoms with van der Waals surface area (Å²) in [4.78, 5) is 32.2. The summed E-state index contributed by atoms with van der Waals surface area (Å²) in [7, 11) is 0. The number of carbonyl (C=O) groups is 2. The molecule has 244 valence electrons. The van der Waals surface area contributed by atoms with E-state index in [0.717, 1.165) is 33.2 Å². The number of halogens is 1. The first-order chi connectivity index (χ1) is 22.8. The molecule has 7 heteroatoms. The van der Waals surface area contributed by atoms with Crippen LogP contribution in [0, 0.1) is 5.41 Å². The maximum absolute atomic E-state index is 14.9. The van der Waals surface area contributed by atoms with E-state index in [4.69, 9.17) is 21.3 Å². The van der Waals surface area contributed by atoms with E-state index >= 15 is 0 Å². The Kier molecular flexibility index (Phi) is 8.88. The summed E-state index contributed by atoms with van der Waals surface area (Å²) in [5, 5.41) is 12.6. The van der Waals surface area contributed by atoms with Gasteiger partial charge in [0, 0.05) is 45.5 Å². The van der Waals surface area contributed by atoms with Gasteiger partial charge < -0.3 is 14.4 Å². The molecule has 6 rings (SSSR count). The van der Waals surface area contributed by atoms with E-state index in [2.05, 4.69) is 25.3 Å². The lowest BCUT2D eigenvalue weighted by molar-refractivity contribution is -0.146. The molecule has 0 aliphatic carbocycles.